The lowest BCUT2D eigenvalue weighted by Gasteiger charge is -2.59. The van der Waals surface area contributed by atoms with Crippen molar-refractivity contribution in [3.63, 3.8) is 0 Å². The number of nitrogens with zero attached hydrogens (tertiary/aromatic N) is 1. The van der Waals surface area contributed by atoms with Crippen LogP contribution >= 0.6 is 0 Å². The molecule has 2 aliphatic carbocycles. The minimum atomic E-state index is -0.401. The first-order valence-electron chi connectivity index (χ1n) is 9.87. The highest BCUT2D eigenvalue weighted by Gasteiger charge is 2.62. The minimum absolute atomic E-state index is 0.0105. The van der Waals surface area contributed by atoms with Gasteiger partial charge in [0.15, 0.2) is 0 Å². The Labute approximate surface area is 152 Å². The summed E-state index contributed by atoms with van der Waals surface area (Å²) in [6.07, 6.45) is 5.83. The molecule has 25 heavy (non-hydrogen) atoms. The molecule has 0 bridgehead atoms. The molecule has 2 aliphatic rings. The summed E-state index contributed by atoms with van der Waals surface area (Å²) in [6.45, 7) is 10.1. The Kier molecular flexibility index (Phi) is 5.24. The van der Waals surface area contributed by atoms with Crippen molar-refractivity contribution >= 4 is 5.97 Å². The molecule has 0 amide bonds. The Balaban J connectivity index is 1.65. The molecule has 0 atom stereocenters. The van der Waals surface area contributed by atoms with E-state index in [0.717, 1.165) is 24.9 Å². The summed E-state index contributed by atoms with van der Waals surface area (Å²) in [6, 6.07) is 11.2. The second kappa shape index (κ2) is 7.11. The number of carbonyl (C=O) groups excluding carboxylic acids is 1. The Morgan fingerprint density at radius 2 is 1.68 bits per heavy atom. The van der Waals surface area contributed by atoms with Gasteiger partial charge in [-0.1, -0.05) is 36.8 Å². The SMILES string of the molecule is CC(C)N(CCOC(=O)C1(c2ccccc2)CC2(CCC2)C1)C(C)C. The molecule has 1 aromatic carbocycles. The number of hydrogen-bond acceptors (Lipinski definition) is 3. The quantitative estimate of drug-likeness (QED) is 0.680. The summed E-state index contributed by atoms with van der Waals surface area (Å²) >= 11 is 0. The monoisotopic (exact) mass is 343 g/mol. The molecule has 2 saturated carbocycles. The zero-order chi connectivity index (χ0) is 18.1. The van der Waals surface area contributed by atoms with Crippen molar-refractivity contribution in [3.05, 3.63) is 35.9 Å². The Bertz CT molecular complexity index is 573. The molecule has 2 fully saturated rings. The molecule has 3 nitrogen and oxygen atoms in total. The third-order valence-corrected chi connectivity index (χ3v) is 6.39. The van der Waals surface area contributed by atoms with Crippen molar-refractivity contribution in [2.24, 2.45) is 5.41 Å². The number of benzene rings is 1. The molecule has 3 heteroatoms. The van der Waals surface area contributed by atoms with Crippen molar-refractivity contribution in [1.29, 1.82) is 0 Å². The zero-order valence-electron chi connectivity index (χ0n) is 16.3. The summed E-state index contributed by atoms with van der Waals surface area (Å²) in [5, 5.41) is 0. The molecule has 0 unspecified atom stereocenters. The van der Waals surface area contributed by atoms with Crippen LogP contribution in [0.25, 0.3) is 0 Å². The number of carbonyl (C=O) groups is 1. The van der Waals surface area contributed by atoms with Gasteiger partial charge in [0, 0.05) is 18.6 Å². The Morgan fingerprint density at radius 3 is 2.16 bits per heavy atom. The maximum Gasteiger partial charge on any atom is 0.316 e. The van der Waals surface area contributed by atoms with Crippen LogP contribution in [-0.2, 0) is 14.9 Å². The van der Waals surface area contributed by atoms with Gasteiger partial charge in [0.2, 0.25) is 0 Å². The maximum absolute atomic E-state index is 13.1. The van der Waals surface area contributed by atoms with E-state index in [-0.39, 0.29) is 5.97 Å². The van der Waals surface area contributed by atoms with Crippen LogP contribution in [0.3, 0.4) is 0 Å². The predicted octanol–water partition coefficient (Wildman–Crippen LogP) is 4.55. The Morgan fingerprint density at radius 1 is 1.08 bits per heavy atom. The van der Waals surface area contributed by atoms with E-state index >= 15 is 0 Å². The van der Waals surface area contributed by atoms with Crippen LogP contribution in [0.5, 0.6) is 0 Å². The lowest BCUT2D eigenvalue weighted by atomic mass is 9.44. The van der Waals surface area contributed by atoms with Crippen LogP contribution < -0.4 is 0 Å². The normalized spacial score (nSPS) is 20.6. The number of esters is 1. The van der Waals surface area contributed by atoms with Crippen LogP contribution in [-0.4, -0.2) is 36.1 Å². The van der Waals surface area contributed by atoms with Gasteiger partial charge < -0.3 is 4.74 Å². The van der Waals surface area contributed by atoms with Gasteiger partial charge in [-0.3, -0.25) is 9.69 Å². The molecular weight excluding hydrogens is 310 g/mol. The molecule has 3 rings (SSSR count). The fraction of sp³-hybridized carbons (Fsp3) is 0.682. The van der Waals surface area contributed by atoms with Crippen molar-refractivity contribution in [3.8, 4) is 0 Å². The van der Waals surface area contributed by atoms with E-state index < -0.39 is 5.41 Å². The van der Waals surface area contributed by atoms with Crippen molar-refractivity contribution in [2.75, 3.05) is 13.2 Å². The lowest BCUT2D eigenvalue weighted by molar-refractivity contribution is -0.167. The molecule has 0 aliphatic heterocycles. The first-order chi connectivity index (χ1) is 11.9. The molecule has 1 spiro atoms. The zero-order valence-corrected chi connectivity index (χ0v) is 16.3. The second-order valence-electron chi connectivity index (χ2n) is 8.72. The fourth-order valence-corrected chi connectivity index (χ4v) is 4.98. The topological polar surface area (TPSA) is 29.5 Å². The van der Waals surface area contributed by atoms with Crippen LogP contribution in [0.1, 0.15) is 65.4 Å². The van der Waals surface area contributed by atoms with Crippen LogP contribution in [0, 0.1) is 5.41 Å². The van der Waals surface area contributed by atoms with E-state index in [9.17, 15) is 4.79 Å². The maximum atomic E-state index is 13.1. The first kappa shape index (κ1) is 18.4. The van der Waals surface area contributed by atoms with E-state index in [0.29, 0.717) is 24.1 Å². The first-order valence-corrected chi connectivity index (χ1v) is 9.87. The predicted molar refractivity (Wildman–Crippen MR) is 102 cm³/mol. The molecular formula is C22H33NO2. The van der Waals surface area contributed by atoms with Gasteiger partial charge >= 0.3 is 5.97 Å². The molecule has 0 saturated heterocycles. The van der Waals surface area contributed by atoms with E-state index in [1.807, 2.05) is 18.2 Å². The van der Waals surface area contributed by atoms with Gasteiger partial charge in [0.1, 0.15) is 6.61 Å². The average Bonchev–Trinajstić information content (AvgIpc) is 2.49. The molecule has 138 valence electrons. The highest BCUT2D eigenvalue weighted by atomic mass is 16.5. The molecule has 1 aromatic rings. The Hall–Kier alpha value is -1.35. The second-order valence-corrected chi connectivity index (χ2v) is 8.72. The van der Waals surface area contributed by atoms with E-state index in [1.54, 1.807) is 0 Å². The molecule has 0 N–H and O–H groups in total. The minimum Gasteiger partial charge on any atom is -0.464 e. The summed E-state index contributed by atoms with van der Waals surface area (Å²) in [5.41, 5.74) is 1.17. The highest BCUT2D eigenvalue weighted by molar-refractivity contribution is 5.85. The largest absolute Gasteiger partial charge is 0.464 e. The standard InChI is InChI=1S/C22H33NO2/c1-17(2)23(18(3)4)13-14-25-20(24)22(19-9-6-5-7-10-19)15-21(16-22)11-8-12-21/h5-7,9-10,17-18H,8,11-16H2,1-4H3. The highest BCUT2D eigenvalue weighted by Crippen LogP contribution is 2.65. The van der Waals surface area contributed by atoms with Gasteiger partial charge in [-0.15, -0.1) is 0 Å². The van der Waals surface area contributed by atoms with Gasteiger partial charge in [-0.05, 0) is 64.4 Å². The fourth-order valence-electron chi connectivity index (χ4n) is 4.98. The van der Waals surface area contributed by atoms with Crippen molar-refractivity contribution in [1.82, 2.24) is 4.90 Å². The van der Waals surface area contributed by atoms with Gasteiger partial charge in [-0.25, -0.2) is 0 Å². The van der Waals surface area contributed by atoms with E-state index in [2.05, 4.69) is 44.7 Å². The van der Waals surface area contributed by atoms with Crippen molar-refractivity contribution in [2.45, 2.75) is 77.3 Å². The van der Waals surface area contributed by atoms with Crippen LogP contribution in [0.15, 0.2) is 30.3 Å². The average molecular weight is 344 g/mol. The number of rotatable bonds is 7. The summed E-state index contributed by atoms with van der Waals surface area (Å²) in [4.78, 5) is 15.4. The molecule has 0 heterocycles. The van der Waals surface area contributed by atoms with Crippen LogP contribution in [0.4, 0.5) is 0 Å². The van der Waals surface area contributed by atoms with Gasteiger partial charge in [-0.2, -0.15) is 0 Å². The third kappa shape index (κ3) is 3.48. The summed E-state index contributed by atoms with van der Waals surface area (Å²) < 4.78 is 5.82. The van der Waals surface area contributed by atoms with E-state index in [1.165, 1.54) is 19.3 Å². The van der Waals surface area contributed by atoms with E-state index in [4.69, 9.17) is 4.74 Å². The van der Waals surface area contributed by atoms with Gasteiger partial charge in [0.25, 0.3) is 0 Å². The molecule has 0 radical (unpaired) electrons. The number of ether oxygens (including phenoxy) is 1. The summed E-state index contributed by atoms with van der Waals surface area (Å²) in [5.74, 6) is -0.0105. The lowest BCUT2D eigenvalue weighted by Crippen LogP contribution is -2.58. The third-order valence-electron chi connectivity index (χ3n) is 6.39. The van der Waals surface area contributed by atoms with Gasteiger partial charge in [0.05, 0.1) is 5.41 Å². The molecule has 0 aromatic heterocycles. The smallest absolute Gasteiger partial charge is 0.316 e. The van der Waals surface area contributed by atoms with Crippen LogP contribution in [0.2, 0.25) is 0 Å². The van der Waals surface area contributed by atoms with Crippen molar-refractivity contribution < 1.29 is 9.53 Å². The number of hydrogen-bond donors (Lipinski definition) is 0. The summed E-state index contributed by atoms with van der Waals surface area (Å²) in [7, 11) is 0.